The third-order valence-corrected chi connectivity index (χ3v) is 7.28. The molecule has 1 heterocycles. The van der Waals surface area contributed by atoms with Crippen molar-refractivity contribution >= 4 is 27.9 Å². The smallest absolute Gasteiger partial charge is 0.338 e. The van der Waals surface area contributed by atoms with Crippen molar-refractivity contribution in [3.8, 4) is 0 Å². The average Bonchev–Trinajstić information content (AvgIpc) is 2.90. The molecule has 1 aliphatic heterocycles. The minimum atomic E-state index is -4.64. The third-order valence-electron chi connectivity index (χ3n) is 5.89. The van der Waals surface area contributed by atoms with Crippen LogP contribution in [0.25, 0.3) is 0 Å². The normalized spacial score (nSPS) is 13.9. The van der Waals surface area contributed by atoms with Crippen molar-refractivity contribution in [2.75, 3.05) is 11.3 Å². The number of carbonyl (C=O) groups excluding carboxylic acids is 2. The van der Waals surface area contributed by atoms with E-state index in [1.54, 1.807) is 53.4 Å². The summed E-state index contributed by atoms with van der Waals surface area (Å²) in [6.07, 6.45) is -4.62. The summed E-state index contributed by atoms with van der Waals surface area (Å²) in [5, 5.41) is 0. The van der Waals surface area contributed by atoms with Gasteiger partial charge in [0.25, 0.3) is 10.0 Å². The van der Waals surface area contributed by atoms with Gasteiger partial charge in [0.2, 0.25) is 12.2 Å². The highest BCUT2D eigenvalue weighted by molar-refractivity contribution is 7.92. The predicted molar refractivity (Wildman–Crippen MR) is 138 cm³/mol. The van der Waals surface area contributed by atoms with E-state index in [0.29, 0.717) is 30.8 Å². The van der Waals surface area contributed by atoms with Gasteiger partial charge in [0, 0.05) is 31.2 Å². The standard InChI is InChI=1S/C25H26FN3O3S.C2HF3O/c26-24-9-5-4-6-19(24)14-21(27)16-25(30)29-13-12-18-10-11-22(15-20(18)17-29)28-33(31,32)23-7-2-1-3-8-23;3-2(4,5)1-6/h1-11,15,21,28H,12-14,16-17,27H2;1H/t21-;/m1./s1. The summed E-state index contributed by atoms with van der Waals surface area (Å²) < 4.78 is 73.0. The number of carbonyl (C=O) groups is 2. The van der Waals surface area contributed by atoms with E-state index in [0.717, 1.165) is 11.1 Å². The fourth-order valence-electron chi connectivity index (χ4n) is 4.02. The highest BCUT2D eigenvalue weighted by atomic mass is 32.2. The number of rotatable bonds is 7. The van der Waals surface area contributed by atoms with Gasteiger partial charge < -0.3 is 10.6 Å². The molecule has 0 aromatic heterocycles. The van der Waals surface area contributed by atoms with Crippen molar-refractivity contribution in [2.24, 2.45) is 5.73 Å². The Bertz CT molecular complexity index is 1400. The van der Waals surface area contributed by atoms with Crippen LogP contribution in [0.5, 0.6) is 0 Å². The summed E-state index contributed by atoms with van der Waals surface area (Å²) in [4.78, 5) is 23.4. The zero-order valence-electron chi connectivity index (χ0n) is 20.7. The molecular weight excluding hydrogens is 538 g/mol. The minimum Gasteiger partial charge on any atom is -0.338 e. The van der Waals surface area contributed by atoms with Gasteiger partial charge in [-0.3, -0.25) is 14.3 Å². The van der Waals surface area contributed by atoms with Crippen molar-refractivity contribution in [2.45, 2.75) is 42.9 Å². The molecule has 1 amide bonds. The van der Waals surface area contributed by atoms with Gasteiger partial charge in [0.05, 0.1) is 4.90 Å². The first kappa shape index (κ1) is 29.8. The van der Waals surface area contributed by atoms with Gasteiger partial charge >= 0.3 is 6.18 Å². The molecule has 0 saturated carbocycles. The predicted octanol–water partition coefficient (Wildman–Crippen LogP) is 4.22. The molecule has 3 N–H and O–H groups in total. The Morgan fingerprint density at radius 2 is 1.67 bits per heavy atom. The number of halogens is 4. The third kappa shape index (κ3) is 8.89. The van der Waals surface area contributed by atoms with Crippen LogP contribution in [0.4, 0.5) is 23.2 Å². The number of nitrogens with two attached hydrogens (primary N) is 1. The lowest BCUT2D eigenvalue weighted by atomic mass is 9.98. The first-order valence-electron chi connectivity index (χ1n) is 11.9. The number of sulfonamides is 1. The van der Waals surface area contributed by atoms with E-state index in [-0.39, 0.29) is 29.5 Å². The lowest BCUT2D eigenvalue weighted by Gasteiger charge is -2.30. The quantitative estimate of drug-likeness (QED) is 0.329. The SMILES string of the molecule is N[C@@H](CC(=O)N1CCc2ccc(NS(=O)(=O)c3ccccc3)cc2C1)Cc1ccccc1F.O=CC(F)(F)F. The highest BCUT2D eigenvalue weighted by Crippen LogP contribution is 2.25. The van der Waals surface area contributed by atoms with E-state index < -0.39 is 28.5 Å². The van der Waals surface area contributed by atoms with E-state index in [4.69, 9.17) is 10.5 Å². The Labute approximate surface area is 223 Å². The molecule has 1 atom stereocenters. The van der Waals surface area contributed by atoms with Gasteiger partial charge in [-0.25, -0.2) is 12.8 Å². The fraction of sp³-hybridized carbons (Fsp3) is 0.259. The molecule has 0 unspecified atom stereocenters. The van der Waals surface area contributed by atoms with Crippen molar-refractivity contribution < 1.29 is 35.6 Å². The molecule has 0 radical (unpaired) electrons. The highest BCUT2D eigenvalue weighted by Gasteiger charge is 2.25. The van der Waals surface area contributed by atoms with Gasteiger partial charge in [0.1, 0.15) is 5.82 Å². The number of benzene rings is 3. The Hall–Kier alpha value is -3.77. The summed E-state index contributed by atoms with van der Waals surface area (Å²) in [5.41, 5.74) is 9.05. The Balaban J connectivity index is 0.000000631. The van der Waals surface area contributed by atoms with Crippen LogP contribution in [0.2, 0.25) is 0 Å². The van der Waals surface area contributed by atoms with Crippen LogP contribution in [-0.4, -0.2) is 44.3 Å². The van der Waals surface area contributed by atoms with E-state index in [1.807, 2.05) is 6.07 Å². The zero-order valence-corrected chi connectivity index (χ0v) is 21.5. The number of fused-ring (bicyclic) bond motifs is 1. The number of nitrogens with one attached hydrogen (secondary N) is 1. The summed E-state index contributed by atoms with van der Waals surface area (Å²) in [5.74, 6) is -0.419. The van der Waals surface area contributed by atoms with E-state index in [9.17, 15) is 30.8 Å². The van der Waals surface area contributed by atoms with Crippen molar-refractivity contribution in [3.05, 3.63) is 95.3 Å². The first-order chi connectivity index (χ1) is 18.4. The topological polar surface area (TPSA) is 110 Å². The lowest BCUT2D eigenvalue weighted by Crippen LogP contribution is -2.39. The van der Waals surface area contributed by atoms with Crippen LogP contribution in [-0.2, 0) is 39.0 Å². The second-order valence-corrected chi connectivity index (χ2v) is 10.6. The average molecular weight is 566 g/mol. The van der Waals surface area contributed by atoms with Crippen molar-refractivity contribution in [3.63, 3.8) is 0 Å². The minimum absolute atomic E-state index is 0.0974. The van der Waals surface area contributed by atoms with E-state index in [2.05, 4.69) is 4.72 Å². The maximum absolute atomic E-state index is 13.9. The van der Waals surface area contributed by atoms with Gasteiger partial charge in [0.15, 0.2) is 0 Å². The van der Waals surface area contributed by atoms with Crippen molar-refractivity contribution in [1.82, 2.24) is 4.90 Å². The number of aldehydes is 1. The Kier molecular flexibility index (Phi) is 9.81. The van der Waals surface area contributed by atoms with Gasteiger partial charge in [-0.2, -0.15) is 13.2 Å². The van der Waals surface area contributed by atoms with E-state index in [1.165, 1.54) is 18.2 Å². The largest absolute Gasteiger partial charge is 0.446 e. The van der Waals surface area contributed by atoms with Crippen LogP contribution in [0.3, 0.4) is 0 Å². The van der Waals surface area contributed by atoms with Crippen LogP contribution in [0, 0.1) is 5.82 Å². The molecule has 39 heavy (non-hydrogen) atoms. The van der Waals surface area contributed by atoms with Crippen LogP contribution < -0.4 is 10.5 Å². The van der Waals surface area contributed by atoms with Gasteiger partial charge in [-0.05, 0) is 59.9 Å². The second kappa shape index (κ2) is 12.9. The summed E-state index contributed by atoms with van der Waals surface area (Å²) in [6, 6.07) is 19.5. The number of nitrogens with zero attached hydrogens (tertiary/aromatic N) is 1. The van der Waals surface area contributed by atoms with E-state index >= 15 is 0 Å². The maximum atomic E-state index is 13.9. The molecule has 0 fully saturated rings. The Morgan fingerprint density at radius 3 is 2.31 bits per heavy atom. The molecule has 12 heteroatoms. The van der Waals surface area contributed by atoms with Crippen LogP contribution in [0.15, 0.2) is 77.7 Å². The molecule has 0 bridgehead atoms. The lowest BCUT2D eigenvalue weighted by molar-refractivity contribution is -0.156. The van der Waals surface area contributed by atoms with Gasteiger partial charge in [-0.15, -0.1) is 0 Å². The number of amides is 1. The second-order valence-electron chi connectivity index (χ2n) is 8.89. The molecule has 0 saturated heterocycles. The molecule has 3 aromatic carbocycles. The summed E-state index contributed by atoms with van der Waals surface area (Å²) in [6.45, 7) is 0.939. The number of hydrogen-bond acceptors (Lipinski definition) is 5. The molecule has 4 rings (SSSR count). The first-order valence-corrected chi connectivity index (χ1v) is 13.4. The molecule has 0 aliphatic carbocycles. The zero-order chi connectivity index (χ0) is 28.6. The fourth-order valence-corrected chi connectivity index (χ4v) is 5.09. The molecular formula is C27H27F4N3O4S. The molecule has 7 nitrogen and oxygen atoms in total. The monoisotopic (exact) mass is 565 g/mol. The van der Waals surface area contributed by atoms with Crippen LogP contribution in [0.1, 0.15) is 23.1 Å². The van der Waals surface area contributed by atoms with Crippen molar-refractivity contribution in [1.29, 1.82) is 0 Å². The molecule has 0 spiro atoms. The Morgan fingerprint density at radius 1 is 1.03 bits per heavy atom. The number of hydrogen-bond donors (Lipinski definition) is 2. The number of anilines is 1. The molecule has 208 valence electrons. The molecule has 3 aromatic rings. The maximum Gasteiger partial charge on any atom is 0.446 e. The molecule has 1 aliphatic rings. The van der Waals surface area contributed by atoms with Gasteiger partial charge in [-0.1, -0.05) is 42.5 Å². The number of alkyl halides is 3. The van der Waals surface area contributed by atoms with Crippen LogP contribution >= 0.6 is 0 Å². The summed E-state index contributed by atoms with van der Waals surface area (Å²) >= 11 is 0. The summed E-state index contributed by atoms with van der Waals surface area (Å²) in [7, 11) is -3.70.